The van der Waals surface area contributed by atoms with Gasteiger partial charge in [-0.15, -0.1) is 0 Å². The molecule has 0 aromatic heterocycles. The largest absolute Gasteiger partial charge is 0.342 e. The predicted molar refractivity (Wildman–Crippen MR) is 64.8 cm³/mol. The van der Waals surface area contributed by atoms with Gasteiger partial charge < -0.3 is 10.6 Å². The van der Waals surface area contributed by atoms with E-state index in [9.17, 15) is 4.79 Å². The highest BCUT2D eigenvalue weighted by atomic mass is 16.2. The Morgan fingerprint density at radius 3 is 2.56 bits per heavy atom. The highest BCUT2D eigenvalue weighted by Crippen LogP contribution is 2.30. The molecule has 4 atom stereocenters. The highest BCUT2D eigenvalue weighted by Gasteiger charge is 2.33. The fourth-order valence-electron chi connectivity index (χ4n) is 3.04. The molecule has 3 heteroatoms. The third-order valence-electron chi connectivity index (χ3n) is 4.32. The van der Waals surface area contributed by atoms with Gasteiger partial charge in [0, 0.05) is 25.0 Å². The Kier molecular flexibility index (Phi) is 3.53. The van der Waals surface area contributed by atoms with E-state index >= 15 is 0 Å². The quantitative estimate of drug-likeness (QED) is 0.735. The van der Waals surface area contributed by atoms with Crippen LogP contribution >= 0.6 is 0 Å². The topological polar surface area (TPSA) is 46.3 Å². The summed E-state index contributed by atoms with van der Waals surface area (Å²) >= 11 is 0. The van der Waals surface area contributed by atoms with Gasteiger partial charge in [0.25, 0.3) is 0 Å². The molecule has 2 aliphatic rings. The summed E-state index contributed by atoms with van der Waals surface area (Å²) in [5.74, 6) is 1.83. The maximum atomic E-state index is 12.3. The second-order valence-corrected chi connectivity index (χ2v) is 5.83. The van der Waals surface area contributed by atoms with Crippen LogP contribution in [-0.2, 0) is 4.79 Å². The molecule has 92 valence electrons. The lowest BCUT2D eigenvalue weighted by Crippen LogP contribution is -2.41. The zero-order valence-electron chi connectivity index (χ0n) is 10.5. The Hall–Kier alpha value is -0.570. The monoisotopic (exact) mass is 224 g/mol. The summed E-state index contributed by atoms with van der Waals surface area (Å²) in [6, 6.07) is 0.307. The van der Waals surface area contributed by atoms with Crippen molar-refractivity contribution in [3.63, 3.8) is 0 Å². The van der Waals surface area contributed by atoms with Gasteiger partial charge in [0.1, 0.15) is 0 Å². The molecule has 3 nitrogen and oxygen atoms in total. The Bertz CT molecular complexity index is 267. The lowest BCUT2D eigenvalue weighted by molar-refractivity contribution is -0.136. The molecule has 1 amide bonds. The maximum absolute atomic E-state index is 12.3. The summed E-state index contributed by atoms with van der Waals surface area (Å²) in [5.41, 5.74) is 5.99. The Labute approximate surface area is 98.4 Å². The van der Waals surface area contributed by atoms with Crippen LogP contribution in [0, 0.1) is 17.8 Å². The van der Waals surface area contributed by atoms with E-state index in [-0.39, 0.29) is 5.92 Å². The lowest BCUT2D eigenvalue weighted by atomic mass is 9.79. The third-order valence-corrected chi connectivity index (χ3v) is 4.32. The normalized spacial score (nSPS) is 40.1. The van der Waals surface area contributed by atoms with Gasteiger partial charge in [0.2, 0.25) is 5.91 Å². The van der Waals surface area contributed by atoms with E-state index in [4.69, 9.17) is 5.73 Å². The number of nitrogens with two attached hydrogens (primary N) is 1. The van der Waals surface area contributed by atoms with Crippen LogP contribution in [0.15, 0.2) is 0 Å². The van der Waals surface area contributed by atoms with E-state index in [1.165, 1.54) is 6.42 Å². The average Bonchev–Trinajstić information content (AvgIpc) is 2.68. The number of nitrogens with zero attached hydrogens (tertiary/aromatic N) is 1. The number of hydrogen-bond acceptors (Lipinski definition) is 2. The molecule has 0 spiro atoms. The van der Waals surface area contributed by atoms with Crippen LogP contribution in [0.1, 0.15) is 39.5 Å². The van der Waals surface area contributed by atoms with Gasteiger partial charge in [-0.05, 0) is 37.5 Å². The van der Waals surface area contributed by atoms with Crippen LogP contribution in [0.5, 0.6) is 0 Å². The summed E-state index contributed by atoms with van der Waals surface area (Å²) in [4.78, 5) is 14.4. The molecule has 1 saturated heterocycles. The molecular weight excluding hydrogens is 200 g/mol. The van der Waals surface area contributed by atoms with E-state index in [2.05, 4.69) is 18.7 Å². The van der Waals surface area contributed by atoms with Gasteiger partial charge in [0.15, 0.2) is 0 Å². The van der Waals surface area contributed by atoms with Crippen LogP contribution in [0.4, 0.5) is 0 Å². The number of hydrogen-bond donors (Lipinski definition) is 1. The van der Waals surface area contributed by atoms with Crippen molar-refractivity contribution in [1.82, 2.24) is 4.90 Å². The van der Waals surface area contributed by atoms with Crippen molar-refractivity contribution < 1.29 is 4.79 Å². The van der Waals surface area contributed by atoms with E-state index < -0.39 is 0 Å². The van der Waals surface area contributed by atoms with Crippen LogP contribution in [0.3, 0.4) is 0 Å². The van der Waals surface area contributed by atoms with Crippen LogP contribution in [0.2, 0.25) is 0 Å². The zero-order valence-corrected chi connectivity index (χ0v) is 10.5. The Morgan fingerprint density at radius 1 is 1.25 bits per heavy atom. The summed E-state index contributed by atoms with van der Waals surface area (Å²) in [5, 5.41) is 0. The molecule has 2 fully saturated rings. The third kappa shape index (κ3) is 2.40. The van der Waals surface area contributed by atoms with Crippen molar-refractivity contribution in [2.75, 3.05) is 13.1 Å². The SMILES string of the molecule is CC1CCN(C(=O)C2CCC(N)C(C)C2)C1. The smallest absolute Gasteiger partial charge is 0.225 e. The number of likely N-dealkylation sites (tertiary alicyclic amines) is 1. The average molecular weight is 224 g/mol. The van der Waals surface area contributed by atoms with E-state index in [1.54, 1.807) is 0 Å². The summed E-state index contributed by atoms with van der Waals surface area (Å²) in [6.07, 6.45) is 4.18. The molecule has 1 aliphatic carbocycles. The summed E-state index contributed by atoms with van der Waals surface area (Å²) in [6.45, 7) is 6.34. The minimum Gasteiger partial charge on any atom is -0.342 e. The van der Waals surface area contributed by atoms with Crippen molar-refractivity contribution in [2.24, 2.45) is 23.5 Å². The number of amides is 1. The lowest BCUT2D eigenvalue weighted by Gasteiger charge is -2.33. The fraction of sp³-hybridized carbons (Fsp3) is 0.923. The van der Waals surface area contributed by atoms with Gasteiger partial charge in [-0.3, -0.25) is 4.79 Å². The van der Waals surface area contributed by atoms with Gasteiger partial charge >= 0.3 is 0 Å². The molecule has 1 heterocycles. The number of carbonyl (C=O) groups excluding carboxylic acids is 1. The molecule has 0 bridgehead atoms. The second-order valence-electron chi connectivity index (χ2n) is 5.83. The van der Waals surface area contributed by atoms with E-state index in [1.807, 2.05) is 0 Å². The van der Waals surface area contributed by atoms with E-state index in [0.717, 1.165) is 32.4 Å². The highest BCUT2D eigenvalue weighted by molar-refractivity contribution is 5.79. The first-order chi connectivity index (χ1) is 7.58. The van der Waals surface area contributed by atoms with Crippen molar-refractivity contribution in [1.29, 1.82) is 0 Å². The predicted octanol–water partition coefficient (Wildman–Crippen LogP) is 1.62. The maximum Gasteiger partial charge on any atom is 0.225 e. The first-order valence-corrected chi connectivity index (χ1v) is 6.62. The molecule has 1 saturated carbocycles. The number of carbonyl (C=O) groups is 1. The van der Waals surface area contributed by atoms with Crippen LogP contribution in [-0.4, -0.2) is 29.9 Å². The summed E-state index contributed by atoms with van der Waals surface area (Å²) < 4.78 is 0. The Balaban J connectivity index is 1.90. The molecule has 4 unspecified atom stereocenters. The van der Waals surface area contributed by atoms with Gasteiger partial charge in [0.05, 0.1) is 0 Å². The van der Waals surface area contributed by atoms with Gasteiger partial charge in [-0.2, -0.15) is 0 Å². The first-order valence-electron chi connectivity index (χ1n) is 6.62. The van der Waals surface area contributed by atoms with Crippen molar-refractivity contribution >= 4 is 5.91 Å². The van der Waals surface area contributed by atoms with Crippen LogP contribution < -0.4 is 5.73 Å². The number of rotatable bonds is 1. The molecule has 2 N–H and O–H groups in total. The fourth-order valence-corrected chi connectivity index (χ4v) is 3.04. The molecule has 0 aromatic rings. The molecular formula is C13H24N2O. The van der Waals surface area contributed by atoms with Gasteiger partial charge in [-0.1, -0.05) is 13.8 Å². The van der Waals surface area contributed by atoms with Gasteiger partial charge in [-0.25, -0.2) is 0 Å². The minimum absolute atomic E-state index is 0.250. The van der Waals surface area contributed by atoms with Crippen molar-refractivity contribution in [3.8, 4) is 0 Å². The molecule has 16 heavy (non-hydrogen) atoms. The standard InChI is InChI=1S/C13H24N2O/c1-9-5-6-15(8-9)13(16)11-3-4-12(14)10(2)7-11/h9-12H,3-8,14H2,1-2H3. The molecule has 0 radical (unpaired) electrons. The van der Waals surface area contributed by atoms with Crippen molar-refractivity contribution in [3.05, 3.63) is 0 Å². The molecule has 0 aromatic carbocycles. The molecule has 2 rings (SSSR count). The Morgan fingerprint density at radius 2 is 2.00 bits per heavy atom. The van der Waals surface area contributed by atoms with Crippen molar-refractivity contribution in [2.45, 2.75) is 45.6 Å². The molecule has 1 aliphatic heterocycles. The zero-order chi connectivity index (χ0) is 11.7. The van der Waals surface area contributed by atoms with E-state index in [0.29, 0.717) is 23.8 Å². The summed E-state index contributed by atoms with van der Waals surface area (Å²) in [7, 11) is 0. The first kappa shape index (κ1) is 11.9. The van der Waals surface area contributed by atoms with Crippen LogP contribution in [0.25, 0.3) is 0 Å². The second kappa shape index (κ2) is 4.74. The minimum atomic E-state index is 0.250.